The summed E-state index contributed by atoms with van der Waals surface area (Å²) in [5, 5.41) is 9.36. The van der Waals surface area contributed by atoms with Crippen molar-refractivity contribution in [3.8, 4) is 0 Å². The second-order valence-corrected chi connectivity index (χ2v) is 3.68. The highest BCUT2D eigenvalue weighted by molar-refractivity contribution is 5.47. The van der Waals surface area contributed by atoms with Crippen LogP contribution in [0, 0.1) is 0 Å². The van der Waals surface area contributed by atoms with Crippen LogP contribution in [0.5, 0.6) is 0 Å². The van der Waals surface area contributed by atoms with Gasteiger partial charge in [0.25, 0.3) is 0 Å². The fourth-order valence-electron chi connectivity index (χ4n) is 1.36. The van der Waals surface area contributed by atoms with E-state index in [1.807, 2.05) is 31.3 Å². The minimum Gasteiger partial charge on any atom is -0.389 e. The number of nitrogens with zero attached hydrogens (tertiary/aromatic N) is 1. The third-order valence-electron chi connectivity index (χ3n) is 2.45. The van der Waals surface area contributed by atoms with E-state index in [1.54, 1.807) is 14.0 Å². The highest BCUT2D eigenvalue weighted by Crippen LogP contribution is 2.17. The number of ether oxygens (including phenoxy) is 1. The molecule has 0 aliphatic carbocycles. The molecule has 1 unspecified atom stereocenters. The lowest BCUT2D eigenvalue weighted by Crippen LogP contribution is -2.21. The Balaban J connectivity index is 2.62. The Hall–Kier alpha value is -1.06. The summed E-state index contributed by atoms with van der Waals surface area (Å²) >= 11 is 0. The van der Waals surface area contributed by atoms with Gasteiger partial charge in [-0.05, 0) is 24.6 Å². The molecule has 3 heteroatoms. The molecular weight excluding hydrogens is 190 g/mol. The molecule has 0 heterocycles. The molecule has 0 saturated heterocycles. The first-order valence-electron chi connectivity index (χ1n) is 5.13. The zero-order valence-electron chi connectivity index (χ0n) is 9.60. The summed E-state index contributed by atoms with van der Waals surface area (Å²) < 4.78 is 5.01. The lowest BCUT2D eigenvalue weighted by molar-refractivity contribution is 0.199. The fourth-order valence-corrected chi connectivity index (χ4v) is 1.36. The Morgan fingerprint density at radius 1 is 1.33 bits per heavy atom. The predicted molar refractivity (Wildman–Crippen MR) is 62.2 cm³/mol. The molecule has 3 nitrogen and oxygen atoms in total. The number of benzene rings is 1. The lowest BCUT2D eigenvalue weighted by Gasteiger charge is -2.19. The Morgan fingerprint density at radius 3 is 2.40 bits per heavy atom. The van der Waals surface area contributed by atoms with Crippen LogP contribution in [0.2, 0.25) is 0 Å². The van der Waals surface area contributed by atoms with Gasteiger partial charge < -0.3 is 14.7 Å². The van der Waals surface area contributed by atoms with Crippen molar-refractivity contribution in [1.82, 2.24) is 0 Å². The molecule has 0 saturated carbocycles. The fraction of sp³-hybridized carbons (Fsp3) is 0.500. The van der Waals surface area contributed by atoms with Crippen LogP contribution < -0.4 is 4.90 Å². The minimum absolute atomic E-state index is 0.400. The van der Waals surface area contributed by atoms with Crippen molar-refractivity contribution >= 4 is 5.69 Å². The van der Waals surface area contributed by atoms with E-state index in [4.69, 9.17) is 4.74 Å². The Bertz CT molecular complexity index is 282. The first-order valence-corrected chi connectivity index (χ1v) is 5.13. The van der Waals surface area contributed by atoms with E-state index in [0.29, 0.717) is 6.61 Å². The van der Waals surface area contributed by atoms with Crippen LogP contribution in [0.25, 0.3) is 0 Å². The van der Waals surface area contributed by atoms with E-state index in [2.05, 4.69) is 4.90 Å². The quantitative estimate of drug-likeness (QED) is 0.803. The SMILES string of the molecule is COCCN(C)c1ccc(C(C)O)cc1. The van der Waals surface area contributed by atoms with E-state index >= 15 is 0 Å². The summed E-state index contributed by atoms with van der Waals surface area (Å²) in [6.45, 7) is 3.35. The van der Waals surface area contributed by atoms with Crippen molar-refractivity contribution < 1.29 is 9.84 Å². The maximum Gasteiger partial charge on any atom is 0.0761 e. The minimum atomic E-state index is -0.400. The molecule has 1 N–H and O–H groups in total. The van der Waals surface area contributed by atoms with Crippen LogP contribution in [0.4, 0.5) is 5.69 Å². The molecule has 0 amide bonds. The average Bonchev–Trinajstić information content (AvgIpc) is 2.26. The zero-order chi connectivity index (χ0) is 11.3. The molecule has 0 aliphatic heterocycles. The van der Waals surface area contributed by atoms with Gasteiger partial charge in [0.05, 0.1) is 12.7 Å². The lowest BCUT2D eigenvalue weighted by atomic mass is 10.1. The zero-order valence-corrected chi connectivity index (χ0v) is 9.60. The van der Waals surface area contributed by atoms with Crippen molar-refractivity contribution in [2.45, 2.75) is 13.0 Å². The van der Waals surface area contributed by atoms with Gasteiger partial charge in [0, 0.05) is 26.4 Å². The Kier molecular flexibility index (Phi) is 4.59. The van der Waals surface area contributed by atoms with E-state index in [-0.39, 0.29) is 0 Å². The Morgan fingerprint density at radius 2 is 1.93 bits per heavy atom. The van der Waals surface area contributed by atoms with Crippen molar-refractivity contribution in [2.75, 3.05) is 32.2 Å². The van der Waals surface area contributed by atoms with Gasteiger partial charge in [0.2, 0.25) is 0 Å². The van der Waals surface area contributed by atoms with Crippen LogP contribution in [0.1, 0.15) is 18.6 Å². The normalized spacial score (nSPS) is 12.5. The maximum atomic E-state index is 9.36. The predicted octanol–water partition coefficient (Wildman–Crippen LogP) is 1.82. The smallest absolute Gasteiger partial charge is 0.0761 e. The molecule has 84 valence electrons. The third kappa shape index (κ3) is 3.53. The summed E-state index contributed by atoms with van der Waals surface area (Å²) in [7, 11) is 3.72. The molecule has 1 aromatic carbocycles. The number of hydrogen-bond donors (Lipinski definition) is 1. The third-order valence-corrected chi connectivity index (χ3v) is 2.45. The van der Waals surface area contributed by atoms with E-state index in [0.717, 1.165) is 17.8 Å². The number of likely N-dealkylation sites (N-methyl/N-ethyl adjacent to an activating group) is 1. The molecule has 0 aliphatic rings. The van der Waals surface area contributed by atoms with Gasteiger partial charge in [-0.3, -0.25) is 0 Å². The molecular formula is C12H19NO2. The molecule has 0 aromatic heterocycles. The highest BCUT2D eigenvalue weighted by atomic mass is 16.5. The van der Waals surface area contributed by atoms with Crippen LogP contribution in [0.15, 0.2) is 24.3 Å². The molecule has 1 atom stereocenters. The van der Waals surface area contributed by atoms with Crippen LogP contribution >= 0.6 is 0 Å². The number of anilines is 1. The molecule has 15 heavy (non-hydrogen) atoms. The molecule has 1 aromatic rings. The summed E-state index contributed by atoms with van der Waals surface area (Å²) in [6, 6.07) is 7.92. The maximum absolute atomic E-state index is 9.36. The van der Waals surface area contributed by atoms with Gasteiger partial charge in [0.1, 0.15) is 0 Å². The number of hydrogen-bond acceptors (Lipinski definition) is 3. The van der Waals surface area contributed by atoms with Crippen molar-refractivity contribution in [3.05, 3.63) is 29.8 Å². The van der Waals surface area contributed by atoms with Gasteiger partial charge in [-0.1, -0.05) is 12.1 Å². The number of aliphatic hydroxyl groups excluding tert-OH is 1. The number of aliphatic hydroxyl groups is 1. The molecule has 0 spiro atoms. The summed E-state index contributed by atoms with van der Waals surface area (Å²) in [5.41, 5.74) is 2.08. The van der Waals surface area contributed by atoms with Gasteiger partial charge in [0.15, 0.2) is 0 Å². The van der Waals surface area contributed by atoms with E-state index < -0.39 is 6.10 Å². The van der Waals surface area contributed by atoms with Crippen LogP contribution in [-0.4, -0.2) is 32.4 Å². The summed E-state index contributed by atoms with van der Waals surface area (Å²) in [4.78, 5) is 2.12. The standard InChI is InChI=1S/C12H19NO2/c1-10(14)11-4-6-12(7-5-11)13(2)8-9-15-3/h4-7,10,14H,8-9H2,1-3H3. The molecule has 1 rings (SSSR count). The molecule has 0 fully saturated rings. The summed E-state index contributed by atoms with van der Waals surface area (Å²) in [5.74, 6) is 0. The van der Waals surface area contributed by atoms with Gasteiger partial charge in [-0.2, -0.15) is 0 Å². The van der Waals surface area contributed by atoms with Crippen LogP contribution in [0.3, 0.4) is 0 Å². The van der Waals surface area contributed by atoms with E-state index in [1.165, 1.54) is 0 Å². The molecule has 0 bridgehead atoms. The highest BCUT2D eigenvalue weighted by Gasteiger charge is 2.02. The van der Waals surface area contributed by atoms with Crippen molar-refractivity contribution in [3.63, 3.8) is 0 Å². The van der Waals surface area contributed by atoms with Gasteiger partial charge >= 0.3 is 0 Å². The second kappa shape index (κ2) is 5.73. The topological polar surface area (TPSA) is 32.7 Å². The Labute approximate surface area is 91.3 Å². The number of rotatable bonds is 5. The monoisotopic (exact) mass is 209 g/mol. The summed E-state index contributed by atoms with van der Waals surface area (Å²) in [6.07, 6.45) is -0.400. The van der Waals surface area contributed by atoms with Crippen LogP contribution in [-0.2, 0) is 4.74 Å². The largest absolute Gasteiger partial charge is 0.389 e. The van der Waals surface area contributed by atoms with Gasteiger partial charge in [-0.25, -0.2) is 0 Å². The first-order chi connectivity index (χ1) is 7.15. The van der Waals surface area contributed by atoms with Crippen molar-refractivity contribution in [1.29, 1.82) is 0 Å². The van der Waals surface area contributed by atoms with E-state index in [9.17, 15) is 5.11 Å². The number of methoxy groups -OCH3 is 1. The van der Waals surface area contributed by atoms with Crippen molar-refractivity contribution in [2.24, 2.45) is 0 Å². The van der Waals surface area contributed by atoms with Gasteiger partial charge in [-0.15, -0.1) is 0 Å². The second-order valence-electron chi connectivity index (χ2n) is 3.68. The average molecular weight is 209 g/mol. The first kappa shape index (κ1) is 12.0. The molecule has 0 radical (unpaired) electrons.